The first kappa shape index (κ1) is 15.5. The van der Waals surface area contributed by atoms with Crippen molar-refractivity contribution < 1.29 is 14.6 Å². The first-order chi connectivity index (χ1) is 10.1. The van der Waals surface area contributed by atoms with Gasteiger partial charge in [-0.05, 0) is 37.3 Å². The van der Waals surface area contributed by atoms with Crippen molar-refractivity contribution in [2.24, 2.45) is 0 Å². The van der Waals surface area contributed by atoms with E-state index in [4.69, 9.17) is 4.74 Å². The molecule has 2 rings (SSSR count). The molecule has 21 heavy (non-hydrogen) atoms. The molecule has 5 nitrogen and oxygen atoms in total. The van der Waals surface area contributed by atoms with Crippen LogP contribution in [0.1, 0.15) is 17.3 Å². The number of benzene rings is 1. The SMILES string of the molecule is CC(O)CNC(=O)c1cccnc1Oc1cccc(Br)c1. The fraction of sp³-hybridized carbons (Fsp3) is 0.200. The molecule has 0 fully saturated rings. The molecule has 1 aromatic heterocycles. The number of aliphatic hydroxyl groups excluding tert-OH is 1. The summed E-state index contributed by atoms with van der Waals surface area (Å²) in [5.41, 5.74) is 0.318. The molecule has 1 amide bonds. The summed E-state index contributed by atoms with van der Waals surface area (Å²) in [6.45, 7) is 1.77. The molecule has 0 bridgehead atoms. The molecule has 0 spiro atoms. The third-order valence-corrected chi connectivity index (χ3v) is 3.08. The number of amides is 1. The minimum atomic E-state index is -0.611. The highest BCUT2D eigenvalue weighted by Gasteiger charge is 2.14. The lowest BCUT2D eigenvalue weighted by Crippen LogP contribution is -2.30. The van der Waals surface area contributed by atoms with E-state index in [1.807, 2.05) is 12.1 Å². The average Bonchev–Trinajstić information content (AvgIpc) is 2.45. The van der Waals surface area contributed by atoms with Gasteiger partial charge >= 0.3 is 0 Å². The Kier molecular flexibility index (Phi) is 5.30. The van der Waals surface area contributed by atoms with Crippen molar-refractivity contribution in [2.45, 2.75) is 13.0 Å². The van der Waals surface area contributed by atoms with Gasteiger partial charge < -0.3 is 15.2 Å². The Hall–Kier alpha value is -1.92. The zero-order valence-electron chi connectivity index (χ0n) is 11.4. The number of aliphatic hydroxyl groups is 1. The first-order valence-corrected chi connectivity index (χ1v) is 7.20. The van der Waals surface area contributed by atoms with Crippen LogP contribution in [-0.4, -0.2) is 28.6 Å². The summed E-state index contributed by atoms with van der Waals surface area (Å²) in [6.07, 6.45) is 0.943. The van der Waals surface area contributed by atoms with Gasteiger partial charge in [-0.3, -0.25) is 4.79 Å². The van der Waals surface area contributed by atoms with Crippen molar-refractivity contribution in [3.8, 4) is 11.6 Å². The fourth-order valence-electron chi connectivity index (χ4n) is 1.62. The molecule has 0 saturated heterocycles. The van der Waals surface area contributed by atoms with Crippen LogP contribution in [0.15, 0.2) is 47.1 Å². The van der Waals surface area contributed by atoms with Crippen LogP contribution in [0.4, 0.5) is 0 Å². The molecule has 1 unspecified atom stereocenters. The van der Waals surface area contributed by atoms with Crippen LogP contribution in [0.25, 0.3) is 0 Å². The third kappa shape index (κ3) is 4.54. The Bertz CT molecular complexity index is 632. The van der Waals surface area contributed by atoms with Crippen LogP contribution in [0.3, 0.4) is 0 Å². The topological polar surface area (TPSA) is 71.5 Å². The zero-order valence-corrected chi connectivity index (χ0v) is 13.0. The molecule has 1 aromatic carbocycles. The van der Waals surface area contributed by atoms with Crippen LogP contribution in [0.5, 0.6) is 11.6 Å². The molecular weight excluding hydrogens is 336 g/mol. The number of aromatic nitrogens is 1. The number of carbonyl (C=O) groups is 1. The molecular formula is C15H15BrN2O3. The van der Waals surface area contributed by atoms with E-state index in [0.717, 1.165) is 4.47 Å². The molecule has 110 valence electrons. The van der Waals surface area contributed by atoms with Gasteiger partial charge in [-0.2, -0.15) is 0 Å². The second kappa shape index (κ2) is 7.19. The maximum Gasteiger partial charge on any atom is 0.256 e. The number of hydrogen-bond acceptors (Lipinski definition) is 4. The van der Waals surface area contributed by atoms with E-state index < -0.39 is 6.10 Å². The second-order valence-electron chi connectivity index (χ2n) is 4.47. The molecule has 1 heterocycles. The number of carbonyl (C=O) groups excluding carboxylic acids is 1. The minimum absolute atomic E-state index is 0.171. The van der Waals surface area contributed by atoms with Crippen molar-refractivity contribution in [2.75, 3.05) is 6.54 Å². The van der Waals surface area contributed by atoms with E-state index in [2.05, 4.69) is 26.2 Å². The van der Waals surface area contributed by atoms with Gasteiger partial charge in [-0.15, -0.1) is 0 Å². The first-order valence-electron chi connectivity index (χ1n) is 6.41. The Morgan fingerprint density at radius 1 is 1.43 bits per heavy atom. The van der Waals surface area contributed by atoms with Crippen molar-refractivity contribution in [1.82, 2.24) is 10.3 Å². The minimum Gasteiger partial charge on any atom is -0.438 e. The number of nitrogens with one attached hydrogen (secondary N) is 1. The lowest BCUT2D eigenvalue weighted by molar-refractivity contribution is 0.0921. The monoisotopic (exact) mass is 350 g/mol. The molecule has 0 saturated carbocycles. The lowest BCUT2D eigenvalue weighted by atomic mass is 10.2. The Morgan fingerprint density at radius 3 is 2.95 bits per heavy atom. The summed E-state index contributed by atoms with van der Waals surface area (Å²) < 4.78 is 6.53. The number of hydrogen-bond donors (Lipinski definition) is 2. The molecule has 0 aliphatic carbocycles. The quantitative estimate of drug-likeness (QED) is 0.869. The van der Waals surface area contributed by atoms with Gasteiger partial charge in [-0.1, -0.05) is 22.0 Å². The van der Waals surface area contributed by atoms with Crippen LogP contribution >= 0.6 is 15.9 Å². The number of ether oxygens (including phenoxy) is 1. The highest BCUT2D eigenvalue weighted by Crippen LogP contribution is 2.25. The summed E-state index contributed by atoms with van der Waals surface area (Å²) in [4.78, 5) is 16.2. The summed E-state index contributed by atoms with van der Waals surface area (Å²) >= 11 is 3.36. The van der Waals surface area contributed by atoms with Crippen molar-refractivity contribution in [1.29, 1.82) is 0 Å². The highest BCUT2D eigenvalue weighted by molar-refractivity contribution is 9.10. The summed E-state index contributed by atoms with van der Waals surface area (Å²) in [6, 6.07) is 10.5. The van der Waals surface area contributed by atoms with Crippen LogP contribution in [-0.2, 0) is 0 Å². The molecule has 2 aromatic rings. The maximum atomic E-state index is 12.1. The van der Waals surface area contributed by atoms with E-state index in [1.165, 1.54) is 0 Å². The van der Waals surface area contributed by atoms with E-state index in [9.17, 15) is 9.90 Å². The van der Waals surface area contributed by atoms with Gasteiger partial charge in [0, 0.05) is 17.2 Å². The van der Waals surface area contributed by atoms with Crippen LogP contribution < -0.4 is 10.1 Å². The van der Waals surface area contributed by atoms with E-state index >= 15 is 0 Å². The Morgan fingerprint density at radius 2 is 2.24 bits per heavy atom. The van der Waals surface area contributed by atoms with Crippen molar-refractivity contribution in [3.05, 3.63) is 52.6 Å². The smallest absolute Gasteiger partial charge is 0.256 e. The van der Waals surface area contributed by atoms with Gasteiger partial charge in [0.1, 0.15) is 11.3 Å². The summed E-state index contributed by atoms with van der Waals surface area (Å²) in [5, 5.41) is 11.8. The predicted molar refractivity (Wildman–Crippen MR) is 82.5 cm³/mol. The van der Waals surface area contributed by atoms with Crippen molar-refractivity contribution >= 4 is 21.8 Å². The van der Waals surface area contributed by atoms with Crippen LogP contribution in [0, 0.1) is 0 Å². The standard InChI is InChI=1S/C15H15BrN2O3/c1-10(19)9-18-14(20)13-6-3-7-17-15(13)21-12-5-2-4-11(16)8-12/h2-8,10,19H,9H2,1H3,(H,18,20). The van der Waals surface area contributed by atoms with Crippen molar-refractivity contribution in [3.63, 3.8) is 0 Å². The zero-order chi connectivity index (χ0) is 15.2. The van der Waals surface area contributed by atoms with Crippen LogP contribution in [0.2, 0.25) is 0 Å². The van der Waals surface area contributed by atoms with Gasteiger partial charge in [-0.25, -0.2) is 4.98 Å². The maximum absolute atomic E-state index is 12.1. The second-order valence-corrected chi connectivity index (χ2v) is 5.39. The number of rotatable bonds is 5. The van der Waals surface area contributed by atoms with Gasteiger partial charge in [0.05, 0.1) is 6.10 Å². The van der Waals surface area contributed by atoms with E-state index in [-0.39, 0.29) is 18.3 Å². The molecule has 0 aliphatic rings. The van der Waals surface area contributed by atoms with Gasteiger partial charge in [0.25, 0.3) is 5.91 Å². The lowest BCUT2D eigenvalue weighted by Gasteiger charge is -2.11. The average molecular weight is 351 g/mol. The highest BCUT2D eigenvalue weighted by atomic mass is 79.9. The number of halogens is 1. The number of pyridine rings is 1. The predicted octanol–water partition coefficient (Wildman–Crippen LogP) is 2.75. The molecule has 0 radical (unpaired) electrons. The van der Waals surface area contributed by atoms with E-state index in [1.54, 1.807) is 37.4 Å². The molecule has 2 N–H and O–H groups in total. The Balaban J connectivity index is 2.18. The third-order valence-electron chi connectivity index (χ3n) is 2.58. The van der Waals surface area contributed by atoms with Gasteiger partial charge in [0.15, 0.2) is 0 Å². The normalized spacial score (nSPS) is 11.8. The van der Waals surface area contributed by atoms with Gasteiger partial charge in [0.2, 0.25) is 5.88 Å². The fourth-order valence-corrected chi connectivity index (χ4v) is 2.00. The van der Waals surface area contributed by atoms with E-state index in [0.29, 0.717) is 11.3 Å². The Labute approximate surface area is 131 Å². The summed E-state index contributed by atoms with van der Waals surface area (Å²) in [7, 11) is 0. The molecule has 1 atom stereocenters. The summed E-state index contributed by atoms with van der Waals surface area (Å²) in [5.74, 6) is 0.459. The molecule has 0 aliphatic heterocycles. The largest absolute Gasteiger partial charge is 0.438 e. The molecule has 6 heteroatoms. The number of nitrogens with zero attached hydrogens (tertiary/aromatic N) is 1.